The average Bonchev–Trinajstić information content (AvgIpc) is 2.64. The molecule has 1 N–H and O–H groups in total. The van der Waals surface area contributed by atoms with Gasteiger partial charge in [0.25, 0.3) is 5.91 Å². The van der Waals surface area contributed by atoms with Crippen LogP contribution < -0.4 is 14.8 Å². The van der Waals surface area contributed by atoms with Gasteiger partial charge in [0.05, 0.1) is 14.2 Å². The smallest absolute Gasteiger partial charge is 0.342 e. The number of nitrogens with one attached hydrogen (secondary N) is 1. The summed E-state index contributed by atoms with van der Waals surface area (Å²) in [4.78, 5) is 24.1. The minimum Gasteiger partial charge on any atom is -0.493 e. The molecule has 0 saturated heterocycles. The Morgan fingerprint density at radius 3 is 2.48 bits per heavy atom. The highest BCUT2D eigenvalue weighted by Crippen LogP contribution is 2.31. The van der Waals surface area contributed by atoms with Crippen molar-refractivity contribution in [3.63, 3.8) is 0 Å². The first-order valence-electron chi connectivity index (χ1n) is 7.45. The highest BCUT2D eigenvalue weighted by atomic mass is 79.9. The third-order valence-electron chi connectivity index (χ3n) is 3.39. The van der Waals surface area contributed by atoms with Crippen molar-refractivity contribution in [3.05, 3.63) is 58.1 Å². The first-order chi connectivity index (χ1) is 12.1. The lowest BCUT2D eigenvalue weighted by Gasteiger charge is -2.12. The summed E-state index contributed by atoms with van der Waals surface area (Å²) in [7, 11) is 2.90. The van der Waals surface area contributed by atoms with Crippen LogP contribution in [0.15, 0.2) is 46.9 Å². The Morgan fingerprint density at radius 2 is 1.80 bits per heavy atom. The van der Waals surface area contributed by atoms with Crippen LogP contribution in [-0.4, -0.2) is 32.7 Å². The summed E-state index contributed by atoms with van der Waals surface area (Å²) >= 11 is 3.41. The molecule has 0 saturated carbocycles. The molecule has 6 nitrogen and oxygen atoms in total. The van der Waals surface area contributed by atoms with E-state index in [0.717, 1.165) is 10.0 Å². The number of rotatable bonds is 7. The standard InChI is InChI=1S/C18H18BrNO5/c1-23-15-9-5-7-13(17(15)24-2)18(22)25-11-16(21)20-10-12-6-3-4-8-14(12)19/h3-9H,10-11H2,1-2H3,(H,20,21). The number of carbonyl (C=O) groups is 2. The van der Waals surface area contributed by atoms with E-state index in [4.69, 9.17) is 14.2 Å². The number of esters is 1. The fourth-order valence-corrected chi connectivity index (χ4v) is 2.57. The van der Waals surface area contributed by atoms with E-state index in [1.54, 1.807) is 18.2 Å². The average molecular weight is 408 g/mol. The van der Waals surface area contributed by atoms with E-state index in [1.807, 2.05) is 24.3 Å². The zero-order chi connectivity index (χ0) is 18.2. The summed E-state index contributed by atoms with van der Waals surface area (Å²) in [6.45, 7) is -0.0516. The van der Waals surface area contributed by atoms with Gasteiger partial charge >= 0.3 is 5.97 Å². The second-order valence-electron chi connectivity index (χ2n) is 4.99. The van der Waals surface area contributed by atoms with Crippen molar-refractivity contribution < 1.29 is 23.8 Å². The molecule has 0 aromatic heterocycles. The van der Waals surface area contributed by atoms with Gasteiger partial charge in [-0.25, -0.2) is 4.79 Å². The molecule has 1 amide bonds. The molecule has 0 atom stereocenters. The van der Waals surface area contributed by atoms with E-state index in [0.29, 0.717) is 12.3 Å². The van der Waals surface area contributed by atoms with Gasteiger partial charge in [0, 0.05) is 11.0 Å². The van der Waals surface area contributed by atoms with Crippen molar-refractivity contribution in [1.82, 2.24) is 5.32 Å². The lowest BCUT2D eigenvalue weighted by atomic mass is 10.2. The van der Waals surface area contributed by atoms with Crippen LogP contribution in [0.25, 0.3) is 0 Å². The van der Waals surface area contributed by atoms with Gasteiger partial charge in [0.1, 0.15) is 5.56 Å². The van der Waals surface area contributed by atoms with Gasteiger partial charge in [-0.3, -0.25) is 4.79 Å². The number of benzene rings is 2. The normalized spacial score (nSPS) is 10.0. The third-order valence-corrected chi connectivity index (χ3v) is 4.16. The van der Waals surface area contributed by atoms with Crippen molar-refractivity contribution in [2.75, 3.05) is 20.8 Å². The molecule has 2 aromatic carbocycles. The lowest BCUT2D eigenvalue weighted by Crippen LogP contribution is -2.28. The Hall–Kier alpha value is -2.54. The van der Waals surface area contributed by atoms with Crippen LogP contribution in [0.5, 0.6) is 11.5 Å². The van der Waals surface area contributed by atoms with Crippen LogP contribution in [0.3, 0.4) is 0 Å². The van der Waals surface area contributed by atoms with E-state index in [-0.39, 0.29) is 17.9 Å². The number of amides is 1. The van der Waals surface area contributed by atoms with Crippen LogP contribution in [0.2, 0.25) is 0 Å². The summed E-state index contributed by atoms with van der Waals surface area (Å²) in [5.74, 6) is -0.378. The topological polar surface area (TPSA) is 73.9 Å². The Bertz CT molecular complexity index is 763. The number of carbonyl (C=O) groups excluding carboxylic acids is 2. The van der Waals surface area contributed by atoms with Crippen LogP contribution in [0.4, 0.5) is 0 Å². The van der Waals surface area contributed by atoms with Gasteiger partial charge in [-0.15, -0.1) is 0 Å². The highest BCUT2D eigenvalue weighted by molar-refractivity contribution is 9.10. The van der Waals surface area contributed by atoms with E-state index < -0.39 is 11.9 Å². The van der Waals surface area contributed by atoms with Crippen molar-refractivity contribution in [2.45, 2.75) is 6.54 Å². The first kappa shape index (κ1) is 18.8. The molecule has 0 bridgehead atoms. The molecule has 0 aliphatic rings. The predicted octanol–water partition coefficient (Wildman–Crippen LogP) is 2.94. The van der Waals surface area contributed by atoms with Crippen molar-refractivity contribution in [2.24, 2.45) is 0 Å². The lowest BCUT2D eigenvalue weighted by molar-refractivity contribution is -0.124. The van der Waals surface area contributed by atoms with Crippen molar-refractivity contribution in [3.8, 4) is 11.5 Å². The molecule has 25 heavy (non-hydrogen) atoms. The Labute approximate surface area is 154 Å². The largest absolute Gasteiger partial charge is 0.493 e. The molecule has 132 valence electrons. The van der Waals surface area contributed by atoms with Crippen LogP contribution >= 0.6 is 15.9 Å². The molecule has 0 unspecified atom stereocenters. The third kappa shape index (κ3) is 4.96. The van der Waals surface area contributed by atoms with Gasteiger partial charge in [-0.1, -0.05) is 40.2 Å². The molecule has 0 radical (unpaired) electrons. The second kappa shape index (κ2) is 9.08. The van der Waals surface area contributed by atoms with E-state index in [1.165, 1.54) is 14.2 Å². The molecule has 2 aromatic rings. The van der Waals surface area contributed by atoms with Crippen molar-refractivity contribution in [1.29, 1.82) is 0 Å². The Morgan fingerprint density at radius 1 is 1.04 bits per heavy atom. The SMILES string of the molecule is COc1cccc(C(=O)OCC(=O)NCc2ccccc2Br)c1OC. The first-order valence-corrected chi connectivity index (χ1v) is 8.24. The van der Waals surface area contributed by atoms with E-state index in [9.17, 15) is 9.59 Å². The summed E-state index contributed by atoms with van der Waals surface area (Å²) in [6.07, 6.45) is 0. The maximum absolute atomic E-state index is 12.2. The molecule has 0 aliphatic heterocycles. The molecule has 0 fully saturated rings. The number of hydrogen-bond donors (Lipinski definition) is 1. The summed E-state index contributed by atoms with van der Waals surface area (Å²) in [5, 5.41) is 2.70. The molecule has 7 heteroatoms. The van der Waals surface area contributed by atoms with Crippen LogP contribution in [0, 0.1) is 0 Å². The zero-order valence-corrected chi connectivity index (χ0v) is 15.5. The van der Waals surface area contributed by atoms with E-state index in [2.05, 4.69) is 21.2 Å². The molecular formula is C18H18BrNO5. The maximum Gasteiger partial charge on any atom is 0.342 e. The number of para-hydroxylation sites is 1. The van der Waals surface area contributed by atoms with Gasteiger partial charge in [-0.2, -0.15) is 0 Å². The zero-order valence-electron chi connectivity index (χ0n) is 13.9. The summed E-state index contributed by atoms with van der Waals surface area (Å²) in [6, 6.07) is 12.4. The quantitative estimate of drug-likeness (QED) is 0.714. The fraction of sp³-hybridized carbons (Fsp3) is 0.222. The summed E-state index contributed by atoms with van der Waals surface area (Å²) in [5.41, 5.74) is 1.12. The van der Waals surface area contributed by atoms with Gasteiger partial charge in [0.15, 0.2) is 18.1 Å². The molecular weight excluding hydrogens is 390 g/mol. The van der Waals surface area contributed by atoms with Gasteiger partial charge in [0.2, 0.25) is 0 Å². The fourth-order valence-electron chi connectivity index (χ4n) is 2.14. The molecule has 0 aliphatic carbocycles. The van der Waals surface area contributed by atoms with Crippen LogP contribution in [-0.2, 0) is 16.1 Å². The maximum atomic E-state index is 12.2. The predicted molar refractivity (Wildman–Crippen MR) is 95.8 cm³/mol. The second-order valence-corrected chi connectivity index (χ2v) is 5.84. The molecule has 0 heterocycles. The minimum atomic E-state index is -0.660. The van der Waals surface area contributed by atoms with Gasteiger partial charge < -0.3 is 19.5 Å². The van der Waals surface area contributed by atoms with E-state index >= 15 is 0 Å². The minimum absolute atomic E-state index is 0.195. The monoisotopic (exact) mass is 407 g/mol. The van der Waals surface area contributed by atoms with Gasteiger partial charge in [-0.05, 0) is 23.8 Å². The summed E-state index contributed by atoms with van der Waals surface area (Å²) < 4.78 is 16.3. The van der Waals surface area contributed by atoms with Crippen LogP contribution in [0.1, 0.15) is 15.9 Å². The number of methoxy groups -OCH3 is 2. The Kier molecular flexibility index (Phi) is 6.82. The molecule has 0 spiro atoms. The number of ether oxygens (including phenoxy) is 3. The highest BCUT2D eigenvalue weighted by Gasteiger charge is 2.18. The van der Waals surface area contributed by atoms with Crippen molar-refractivity contribution >= 4 is 27.8 Å². The number of halogens is 1. The molecule has 2 rings (SSSR count). The number of hydrogen-bond acceptors (Lipinski definition) is 5. The Balaban J connectivity index is 1.92.